The zero-order valence-corrected chi connectivity index (χ0v) is 13.6. The maximum Gasteiger partial charge on any atom is 0.186 e. The van der Waals surface area contributed by atoms with Gasteiger partial charge in [0, 0.05) is 32.2 Å². The molecule has 1 aromatic carbocycles. The summed E-state index contributed by atoms with van der Waals surface area (Å²) in [5.74, 6) is -0.208. The average molecular weight is 319 g/mol. The summed E-state index contributed by atoms with van der Waals surface area (Å²) in [6, 6.07) is 6.01. The Morgan fingerprint density at radius 1 is 1.05 bits per heavy atom. The Bertz CT molecular complexity index is 642. The van der Waals surface area contributed by atoms with Crippen LogP contribution in [-0.4, -0.2) is 42.1 Å². The molecule has 1 saturated heterocycles. The van der Waals surface area contributed by atoms with Crippen molar-refractivity contribution in [1.29, 1.82) is 0 Å². The van der Waals surface area contributed by atoms with Gasteiger partial charge in [0.1, 0.15) is 11.3 Å². The van der Waals surface area contributed by atoms with Crippen LogP contribution >= 0.6 is 11.3 Å². The molecule has 5 heteroatoms. The van der Waals surface area contributed by atoms with Crippen molar-refractivity contribution >= 4 is 26.7 Å². The summed E-state index contributed by atoms with van der Waals surface area (Å²) >= 11 is 1.61. The Morgan fingerprint density at radius 3 is 2.55 bits per heavy atom. The van der Waals surface area contributed by atoms with E-state index in [2.05, 4.69) is 14.8 Å². The van der Waals surface area contributed by atoms with Gasteiger partial charge in [-0.15, -0.1) is 0 Å². The molecular weight excluding hydrogens is 297 g/mol. The molecule has 0 bridgehead atoms. The van der Waals surface area contributed by atoms with Crippen molar-refractivity contribution in [2.45, 2.75) is 38.1 Å². The van der Waals surface area contributed by atoms with E-state index >= 15 is 0 Å². The van der Waals surface area contributed by atoms with Gasteiger partial charge in [-0.25, -0.2) is 9.37 Å². The number of hydrogen-bond acceptors (Lipinski definition) is 4. The monoisotopic (exact) mass is 319 g/mol. The van der Waals surface area contributed by atoms with Gasteiger partial charge in [0.05, 0.1) is 4.70 Å². The van der Waals surface area contributed by atoms with E-state index in [-0.39, 0.29) is 5.82 Å². The highest BCUT2D eigenvalue weighted by Crippen LogP contribution is 2.31. The first-order valence-corrected chi connectivity index (χ1v) is 9.17. The Morgan fingerprint density at radius 2 is 1.82 bits per heavy atom. The fourth-order valence-electron chi connectivity index (χ4n) is 3.76. The minimum absolute atomic E-state index is 0.208. The second-order valence-corrected chi connectivity index (χ2v) is 7.41. The van der Waals surface area contributed by atoms with Gasteiger partial charge in [-0.3, -0.25) is 4.90 Å². The first kappa shape index (κ1) is 14.4. The summed E-state index contributed by atoms with van der Waals surface area (Å²) in [5.41, 5.74) is 0.525. The van der Waals surface area contributed by atoms with Crippen molar-refractivity contribution in [3.8, 4) is 0 Å². The highest BCUT2D eigenvalue weighted by atomic mass is 32.1. The van der Waals surface area contributed by atoms with Gasteiger partial charge in [0.15, 0.2) is 5.13 Å². The number of thiazole rings is 1. The fourth-order valence-corrected chi connectivity index (χ4v) is 4.79. The van der Waals surface area contributed by atoms with Crippen molar-refractivity contribution in [3.63, 3.8) is 0 Å². The number of fused-ring (bicyclic) bond motifs is 1. The van der Waals surface area contributed by atoms with Gasteiger partial charge in [0.25, 0.3) is 0 Å². The van der Waals surface area contributed by atoms with Crippen LogP contribution in [0, 0.1) is 5.82 Å². The lowest BCUT2D eigenvalue weighted by molar-refractivity contribution is 0.148. The highest BCUT2D eigenvalue weighted by Gasteiger charge is 2.26. The zero-order chi connectivity index (χ0) is 14.9. The summed E-state index contributed by atoms with van der Waals surface area (Å²) < 4.78 is 14.7. The minimum atomic E-state index is -0.208. The maximum absolute atomic E-state index is 13.8. The maximum atomic E-state index is 13.8. The fraction of sp³-hybridized carbons (Fsp3) is 0.588. The predicted octanol–water partition coefficient (Wildman–Crippen LogP) is 3.89. The Balaban J connectivity index is 1.45. The number of nitrogens with zero attached hydrogens (tertiary/aromatic N) is 3. The quantitative estimate of drug-likeness (QED) is 0.837. The van der Waals surface area contributed by atoms with E-state index in [1.165, 1.54) is 38.2 Å². The molecule has 0 N–H and O–H groups in total. The first-order chi connectivity index (χ1) is 10.8. The molecule has 3 nitrogen and oxygen atoms in total. The molecule has 1 aliphatic carbocycles. The molecule has 22 heavy (non-hydrogen) atoms. The predicted molar refractivity (Wildman–Crippen MR) is 90.2 cm³/mol. The lowest BCUT2D eigenvalue weighted by Crippen LogP contribution is -2.50. The van der Waals surface area contributed by atoms with Crippen molar-refractivity contribution in [3.05, 3.63) is 24.0 Å². The van der Waals surface area contributed by atoms with Crippen LogP contribution in [0.5, 0.6) is 0 Å². The molecule has 2 aromatic rings. The molecule has 0 amide bonds. The van der Waals surface area contributed by atoms with Gasteiger partial charge in [0.2, 0.25) is 0 Å². The molecule has 0 radical (unpaired) electrons. The first-order valence-electron chi connectivity index (χ1n) is 8.35. The molecular formula is C17H22FN3S. The van der Waals surface area contributed by atoms with E-state index in [0.717, 1.165) is 42.1 Å². The number of rotatable bonds is 2. The number of para-hydroxylation sites is 1. The second-order valence-electron chi connectivity index (χ2n) is 6.40. The molecule has 118 valence electrons. The summed E-state index contributed by atoms with van der Waals surface area (Å²) in [6.45, 7) is 4.25. The Labute approximate surface area is 134 Å². The molecule has 0 atom stereocenters. The van der Waals surface area contributed by atoms with Crippen LogP contribution in [0.1, 0.15) is 32.1 Å². The zero-order valence-electron chi connectivity index (χ0n) is 12.8. The molecule has 0 spiro atoms. The lowest BCUT2D eigenvalue weighted by Gasteiger charge is -2.40. The van der Waals surface area contributed by atoms with Crippen LogP contribution in [0.4, 0.5) is 9.52 Å². The highest BCUT2D eigenvalue weighted by molar-refractivity contribution is 7.22. The molecule has 4 rings (SSSR count). The van der Waals surface area contributed by atoms with Crippen molar-refractivity contribution in [1.82, 2.24) is 9.88 Å². The van der Waals surface area contributed by atoms with Crippen LogP contribution in [0.25, 0.3) is 10.2 Å². The van der Waals surface area contributed by atoms with Gasteiger partial charge >= 0.3 is 0 Å². The van der Waals surface area contributed by atoms with Crippen LogP contribution in [-0.2, 0) is 0 Å². The second kappa shape index (κ2) is 6.13. The van der Waals surface area contributed by atoms with Crippen LogP contribution < -0.4 is 4.90 Å². The van der Waals surface area contributed by atoms with Gasteiger partial charge in [-0.1, -0.05) is 36.7 Å². The third-order valence-corrected chi connectivity index (χ3v) is 6.12. The summed E-state index contributed by atoms with van der Waals surface area (Å²) in [7, 11) is 0. The van der Waals surface area contributed by atoms with E-state index in [9.17, 15) is 4.39 Å². The van der Waals surface area contributed by atoms with Gasteiger partial charge in [-0.05, 0) is 25.0 Å². The van der Waals surface area contributed by atoms with Crippen LogP contribution in [0.3, 0.4) is 0 Å². The topological polar surface area (TPSA) is 19.4 Å². The summed E-state index contributed by atoms with van der Waals surface area (Å²) in [6.07, 6.45) is 6.93. The number of piperazine rings is 1. The summed E-state index contributed by atoms with van der Waals surface area (Å²) in [4.78, 5) is 9.50. The van der Waals surface area contributed by atoms with Crippen LogP contribution in [0.15, 0.2) is 18.2 Å². The van der Waals surface area contributed by atoms with E-state index in [0.29, 0.717) is 5.52 Å². The third kappa shape index (κ3) is 2.72. The van der Waals surface area contributed by atoms with Gasteiger partial charge < -0.3 is 4.90 Å². The number of hydrogen-bond donors (Lipinski definition) is 0. The standard InChI is InChI=1S/C17H22FN3S/c18-14-7-4-8-15-16(14)19-17(22-15)21-11-9-20(10-12-21)13-5-2-1-3-6-13/h4,7-8,13H,1-3,5-6,9-12H2. The van der Waals surface area contributed by atoms with E-state index in [4.69, 9.17) is 0 Å². The van der Waals surface area contributed by atoms with Crippen LogP contribution in [0.2, 0.25) is 0 Å². The Kier molecular flexibility index (Phi) is 4.01. The Hall–Kier alpha value is -1.20. The minimum Gasteiger partial charge on any atom is -0.345 e. The van der Waals surface area contributed by atoms with Crippen molar-refractivity contribution in [2.24, 2.45) is 0 Å². The molecule has 2 heterocycles. The largest absolute Gasteiger partial charge is 0.345 e. The average Bonchev–Trinajstić information content (AvgIpc) is 3.02. The number of anilines is 1. The van der Waals surface area contributed by atoms with E-state index in [1.54, 1.807) is 17.4 Å². The summed E-state index contributed by atoms with van der Waals surface area (Å²) in [5, 5.41) is 0.975. The molecule has 1 aliphatic heterocycles. The number of benzene rings is 1. The smallest absolute Gasteiger partial charge is 0.186 e. The SMILES string of the molecule is Fc1cccc2sc(N3CCN(C4CCCCC4)CC3)nc12. The van der Waals surface area contributed by atoms with Crippen molar-refractivity contribution in [2.75, 3.05) is 31.1 Å². The molecule has 0 unspecified atom stereocenters. The molecule has 1 saturated carbocycles. The third-order valence-electron chi connectivity index (χ3n) is 5.03. The lowest BCUT2D eigenvalue weighted by atomic mass is 9.94. The van der Waals surface area contributed by atoms with Crippen molar-refractivity contribution < 1.29 is 4.39 Å². The molecule has 1 aromatic heterocycles. The van der Waals surface area contributed by atoms with Gasteiger partial charge in [-0.2, -0.15) is 0 Å². The number of halogens is 1. The van der Waals surface area contributed by atoms with E-state index < -0.39 is 0 Å². The molecule has 2 aliphatic rings. The number of aromatic nitrogens is 1. The van der Waals surface area contributed by atoms with E-state index in [1.807, 2.05) is 6.07 Å². The molecule has 2 fully saturated rings. The normalized spacial score (nSPS) is 21.6.